The zero-order chi connectivity index (χ0) is 26.4. The summed E-state index contributed by atoms with van der Waals surface area (Å²) in [7, 11) is 1.46. The minimum Gasteiger partial charge on any atom is -0.507 e. The van der Waals surface area contributed by atoms with Crippen LogP contribution in [-0.4, -0.2) is 53.3 Å². The highest BCUT2D eigenvalue weighted by atomic mass is 32.1. The minimum atomic E-state index is -0.757. The maximum atomic E-state index is 14.4. The highest BCUT2D eigenvalue weighted by Crippen LogP contribution is 2.37. The first kappa shape index (κ1) is 25.9. The molecule has 9 nitrogen and oxygen atoms in total. The molecule has 37 heavy (non-hydrogen) atoms. The number of nitrogens with one attached hydrogen (secondary N) is 1. The van der Waals surface area contributed by atoms with Gasteiger partial charge in [-0.25, -0.2) is 14.2 Å². The maximum Gasteiger partial charge on any atom is 0.410 e. The lowest BCUT2D eigenvalue weighted by atomic mass is 10.0. The molecular formula is C26H25FN4O5S. The largest absolute Gasteiger partial charge is 0.507 e. The molecule has 0 spiro atoms. The fourth-order valence-corrected chi connectivity index (χ4v) is 4.81. The van der Waals surface area contributed by atoms with Crippen LogP contribution in [0.25, 0.3) is 10.4 Å². The Morgan fingerprint density at radius 1 is 1.35 bits per heavy atom. The highest BCUT2D eigenvalue weighted by Gasteiger charge is 2.34. The molecule has 0 saturated carbocycles. The second kappa shape index (κ2) is 11.7. The number of phenols is 1. The number of fused-ring (bicyclic) bond motifs is 1. The molecule has 192 valence electrons. The van der Waals surface area contributed by atoms with E-state index in [0.29, 0.717) is 28.3 Å². The van der Waals surface area contributed by atoms with Crippen molar-refractivity contribution in [2.24, 2.45) is 0 Å². The van der Waals surface area contributed by atoms with Crippen LogP contribution in [-0.2, 0) is 11.3 Å². The van der Waals surface area contributed by atoms with Crippen LogP contribution in [0, 0.1) is 17.1 Å². The molecule has 2 aliphatic heterocycles. The average Bonchev–Trinajstić information content (AvgIpc) is 3.56. The molecule has 3 aromatic rings. The van der Waals surface area contributed by atoms with Crippen molar-refractivity contribution < 1.29 is 28.6 Å². The Bertz CT molecular complexity index is 1320. The number of nitrogens with zero attached hydrogens (tertiary/aromatic N) is 3. The maximum absolute atomic E-state index is 14.4. The number of piperidine rings is 1. The number of aromatic hydroxyl groups is 1. The van der Waals surface area contributed by atoms with E-state index < -0.39 is 11.7 Å². The van der Waals surface area contributed by atoms with Crippen LogP contribution in [0.5, 0.6) is 10.9 Å². The van der Waals surface area contributed by atoms with Crippen LogP contribution >= 0.6 is 11.3 Å². The third-order valence-electron chi connectivity index (χ3n) is 6.05. The fraction of sp³-hybridized carbons (Fsp3) is 0.308. The molecule has 2 amide bonds. The summed E-state index contributed by atoms with van der Waals surface area (Å²) in [5.74, 6) is -1.64. The molecular weight excluding hydrogens is 499 g/mol. The van der Waals surface area contributed by atoms with Crippen LogP contribution in [0.3, 0.4) is 0 Å². The number of halogens is 1. The standard InChI is InChI=1S/C19H14FN3O3S.C7H11NO2/c1-26-19-23-10-17(27-19)14-6-15(20)13(7-16(14)24)18(25)22-9-12-4-2-11(8-21)3-5-12;9-7-8-4-2-1-3-6(8)5-10-7/h2-7,10,24H,9H2,1H3,(H,22,25);6H,1-5H2. The lowest BCUT2D eigenvalue weighted by Gasteiger charge is -2.25. The lowest BCUT2D eigenvalue weighted by Crippen LogP contribution is -2.37. The first-order valence-corrected chi connectivity index (χ1v) is 12.4. The van der Waals surface area contributed by atoms with Gasteiger partial charge in [0.15, 0.2) is 0 Å². The summed E-state index contributed by atoms with van der Waals surface area (Å²) in [6.45, 7) is 1.70. The van der Waals surface area contributed by atoms with E-state index in [9.17, 15) is 19.1 Å². The van der Waals surface area contributed by atoms with Crippen molar-refractivity contribution in [3.05, 3.63) is 65.1 Å². The number of nitriles is 1. The number of carbonyl (C=O) groups excluding carboxylic acids is 2. The molecule has 11 heteroatoms. The van der Waals surface area contributed by atoms with Crippen molar-refractivity contribution in [3.8, 4) is 27.5 Å². The number of aromatic nitrogens is 1. The number of cyclic esters (lactones) is 1. The van der Waals surface area contributed by atoms with Gasteiger partial charge in [0.1, 0.15) is 18.2 Å². The van der Waals surface area contributed by atoms with Crippen molar-refractivity contribution >= 4 is 23.3 Å². The van der Waals surface area contributed by atoms with Crippen molar-refractivity contribution in [1.29, 1.82) is 5.26 Å². The first-order valence-electron chi connectivity index (χ1n) is 11.6. The summed E-state index contributed by atoms with van der Waals surface area (Å²) >= 11 is 1.15. The van der Waals surface area contributed by atoms with Crippen LogP contribution in [0.2, 0.25) is 0 Å². The monoisotopic (exact) mass is 524 g/mol. The molecule has 2 saturated heterocycles. The average molecular weight is 525 g/mol. The Kier molecular flexibility index (Phi) is 8.20. The van der Waals surface area contributed by atoms with E-state index in [2.05, 4.69) is 10.3 Å². The summed E-state index contributed by atoms with van der Waals surface area (Å²) in [5, 5.41) is 22.0. The van der Waals surface area contributed by atoms with Gasteiger partial charge in [-0.2, -0.15) is 5.26 Å². The van der Waals surface area contributed by atoms with Crippen molar-refractivity contribution in [2.75, 3.05) is 20.3 Å². The van der Waals surface area contributed by atoms with E-state index in [4.69, 9.17) is 14.7 Å². The summed E-state index contributed by atoms with van der Waals surface area (Å²) < 4.78 is 24.3. The van der Waals surface area contributed by atoms with E-state index in [1.165, 1.54) is 19.7 Å². The normalized spacial score (nSPS) is 16.1. The number of thiazole rings is 1. The number of methoxy groups -OCH3 is 1. The number of carbonyl (C=O) groups is 2. The second-order valence-electron chi connectivity index (χ2n) is 8.46. The summed E-state index contributed by atoms with van der Waals surface area (Å²) in [4.78, 5) is 29.5. The van der Waals surface area contributed by atoms with Crippen LogP contribution in [0.4, 0.5) is 9.18 Å². The first-order chi connectivity index (χ1) is 17.9. The number of amides is 2. The minimum absolute atomic E-state index is 0.107. The van der Waals surface area contributed by atoms with Gasteiger partial charge in [0.05, 0.1) is 35.2 Å². The Morgan fingerprint density at radius 3 is 2.81 bits per heavy atom. The predicted octanol–water partition coefficient (Wildman–Crippen LogP) is 4.46. The Labute approximate surface area is 217 Å². The van der Waals surface area contributed by atoms with Crippen LogP contribution in [0.1, 0.15) is 40.7 Å². The summed E-state index contributed by atoms with van der Waals surface area (Å²) in [6.07, 6.45) is 4.88. The molecule has 2 fully saturated rings. The number of hydrogen-bond donors (Lipinski definition) is 2. The Morgan fingerprint density at radius 2 is 2.14 bits per heavy atom. The lowest BCUT2D eigenvalue weighted by molar-refractivity contribution is 0.0946. The fourth-order valence-electron chi connectivity index (χ4n) is 4.05. The number of benzene rings is 2. The molecule has 5 rings (SSSR count). The van der Waals surface area contributed by atoms with Crippen molar-refractivity contribution in [3.63, 3.8) is 0 Å². The molecule has 3 heterocycles. The molecule has 1 aromatic heterocycles. The van der Waals surface area contributed by atoms with E-state index >= 15 is 0 Å². The van der Waals surface area contributed by atoms with Crippen LogP contribution < -0.4 is 10.1 Å². The summed E-state index contributed by atoms with van der Waals surface area (Å²) in [6, 6.07) is 11.3. The highest BCUT2D eigenvalue weighted by molar-refractivity contribution is 7.16. The number of ether oxygens (including phenoxy) is 2. The van der Waals surface area contributed by atoms with E-state index in [0.717, 1.165) is 48.4 Å². The van der Waals surface area contributed by atoms with Gasteiger partial charge < -0.3 is 24.8 Å². The number of hydrogen-bond acceptors (Lipinski definition) is 8. The SMILES string of the molecule is COc1ncc(-c2cc(F)c(C(=O)NCc3ccc(C#N)cc3)cc2O)s1.O=C1OCC2CCCCN12. The van der Waals surface area contributed by atoms with Gasteiger partial charge in [-0.05, 0) is 49.1 Å². The second-order valence-corrected chi connectivity index (χ2v) is 9.45. The quantitative estimate of drug-likeness (QED) is 0.505. The molecule has 0 radical (unpaired) electrons. The van der Waals surface area contributed by atoms with Gasteiger partial charge in [0, 0.05) is 24.8 Å². The molecule has 0 aliphatic carbocycles. The smallest absolute Gasteiger partial charge is 0.410 e. The van der Waals surface area contributed by atoms with E-state index in [1.807, 2.05) is 11.0 Å². The van der Waals surface area contributed by atoms with Gasteiger partial charge >= 0.3 is 6.09 Å². The Hall–Kier alpha value is -4.17. The van der Waals surface area contributed by atoms with Crippen molar-refractivity contribution in [1.82, 2.24) is 15.2 Å². The molecule has 2 aliphatic rings. The zero-order valence-corrected chi connectivity index (χ0v) is 20.9. The molecule has 1 unspecified atom stereocenters. The van der Waals surface area contributed by atoms with Gasteiger partial charge in [-0.15, -0.1) is 0 Å². The van der Waals surface area contributed by atoms with Gasteiger partial charge in [-0.3, -0.25) is 4.79 Å². The molecule has 2 N–H and O–H groups in total. The van der Waals surface area contributed by atoms with Crippen LogP contribution in [0.15, 0.2) is 42.6 Å². The van der Waals surface area contributed by atoms with Crippen molar-refractivity contribution in [2.45, 2.75) is 31.8 Å². The van der Waals surface area contributed by atoms with Gasteiger partial charge in [0.2, 0.25) is 0 Å². The zero-order valence-electron chi connectivity index (χ0n) is 20.1. The molecule has 2 aromatic carbocycles. The van der Waals surface area contributed by atoms with E-state index in [-0.39, 0.29) is 29.5 Å². The topological polar surface area (TPSA) is 125 Å². The molecule has 1 atom stereocenters. The third kappa shape index (κ3) is 6.16. The van der Waals surface area contributed by atoms with E-state index in [1.54, 1.807) is 24.3 Å². The number of phenolic OH excluding ortho intramolecular Hbond substituents is 1. The Balaban J connectivity index is 0.000000265. The predicted molar refractivity (Wildman–Crippen MR) is 134 cm³/mol. The van der Waals surface area contributed by atoms with Gasteiger partial charge in [-0.1, -0.05) is 23.5 Å². The van der Waals surface area contributed by atoms with Gasteiger partial charge in [0.25, 0.3) is 11.1 Å². The summed E-state index contributed by atoms with van der Waals surface area (Å²) in [5.41, 5.74) is 1.25. The molecule has 0 bridgehead atoms. The third-order valence-corrected chi connectivity index (χ3v) is 7.04. The number of rotatable bonds is 5.